The SMILES string of the molecule is CC1=C[C@H]2N(c3ccc(C)cc31)[C@H](C(=O)c1ccccc1)[C@@H](C(=O)c1ccccn1)[C@]21C(=O)Nc2ccccc21. The fourth-order valence-electron chi connectivity index (χ4n) is 6.99. The van der Waals surface area contributed by atoms with E-state index in [1.165, 1.54) is 0 Å². The van der Waals surface area contributed by atoms with E-state index in [0.29, 0.717) is 11.3 Å². The number of nitrogens with zero attached hydrogens (tertiary/aromatic N) is 2. The summed E-state index contributed by atoms with van der Waals surface area (Å²) in [6, 6.07) is 26.4. The fourth-order valence-corrected chi connectivity index (χ4v) is 6.99. The van der Waals surface area contributed by atoms with Gasteiger partial charge in [-0.05, 0) is 55.3 Å². The highest BCUT2D eigenvalue weighted by molar-refractivity contribution is 6.18. The second-order valence-electron chi connectivity index (χ2n) is 10.8. The van der Waals surface area contributed by atoms with Crippen molar-refractivity contribution in [2.75, 3.05) is 10.2 Å². The Labute approximate surface area is 232 Å². The first kappa shape index (κ1) is 24.2. The van der Waals surface area contributed by atoms with E-state index in [0.717, 1.165) is 28.0 Å². The first-order valence-electron chi connectivity index (χ1n) is 13.5. The van der Waals surface area contributed by atoms with Gasteiger partial charge in [-0.15, -0.1) is 0 Å². The van der Waals surface area contributed by atoms with Crippen LogP contribution in [0.1, 0.15) is 44.5 Å². The molecule has 0 bridgehead atoms. The number of carbonyl (C=O) groups excluding carboxylic acids is 3. The van der Waals surface area contributed by atoms with Gasteiger partial charge in [0, 0.05) is 28.7 Å². The van der Waals surface area contributed by atoms with Crippen molar-refractivity contribution in [1.29, 1.82) is 0 Å². The minimum atomic E-state index is -1.34. The van der Waals surface area contributed by atoms with Gasteiger partial charge in [-0.2, -0.15) is 0 Å². The van der Waals surface area contributed by atoms with E-state index in [4.69, 9.17) is 0 Å². The van der Waals surface area contributed by atoms with Crippen molar-refractivity contribution in [3.63, 3.8) is 0 Å². The van der Waals surface area contributed by atoms with Crippen LogP contribution in [-0.2, 0) is 10.2 Å². The molecule has 1 amide bonds. The molecule has 4 atom stereocenters. The van der Waals surface area contributed by atoms with Crippen LogP contribution in [0.15, 0.2) is 103 Å². The number of hydrogen-bond donors (Lipinski definition) is 1. The van der Waals surface area contributed by atoms with E-state index in [1.807, 2.05) is 73.3 Å². The van der Waals surface area contributed by atoms with Crippen molar-refractivity contribution in [1.82, 2.24) is 4.98 Å². The summed E-state index contributed by atoms with van der Waals surface area (Å²) >= 11 is 0. The molecule has 0 saturated carbocycles. The zero-order valence-electron chi connectivity index (χ0n) is 22.2. The third kappa shape index (κ3) is 3.22. The van der Waals surface area contributed by atoms with Crippen LogP contribution in [-0.4, -0.2) is 34.5 Å². The fraction of sp³-hybridized carbons (Fsp3) is 0.176. The number of ketones is 2. The normalized spacial score (nSPS) is 24.1. The van der Waals surface area contributed by atoms with Gasteiger partial charge in [0.1, 0.15) is 17.2 Å². The summed E-state index contributed by atoms with van der Waals surface area (Å²) in [4.78, 5) is 50.1. The minimum Gasteiger partial charge on any atom is -0.352 e. The molecule has 40 heavy (non-hydrogen) atoms. The molecule has 1 N–H and O–H groups in total. The molecule has 0 aliphatic carbocycles. The predicted octanol–water partition coefficient (Wildman–Crippen LogP) is 5.64. The Morgan fingerprint density at radius 1 is 0.875 bits per heavy atom. The Bertz CT molecular complexity index is 1730. The van der Waals surface area contributed by atoms with E-state index in [2.05, 4.69) is 22.4 Å². The average molecular weight is 526 g/mol. The number of carbonyl (C=O) groups is 3. The number of Topliss-reactive ketones (excluding diaryl/α,β-unsaturated/α-hetero) is 2. The monoisotopic (exact) mass is 525 g/mol. The van der Waals surface area contributed by atoms with Crippen LogP contribution in [0.2, 0.25) is 0 Å². The number of amides is 1. The van der Waals surface area contributed by atoms with E-state index >= 15 is 0 Å². The summed E-state index contributed by atoms with van der Waals surface area (Å²) in [5, 5.41) is 3.07. The number of allylic oxidation sites excluding steroid dienone is 1. The maximum atomic E-state index is 14.7. The highest BCUT2D eigenvalue weighted by Crippen LogP contribution is 2.58. The molecule has 1 aromatic heterocycles. The van der Waals surface area contributed by atoms with Crippen LogP contribution < -0.4 is 10.2 Å². The number of anilines is 2. The van der Waals surface area contributed by atoms with Crippen LogP contribution in [0.25, 0.3) is 5.57 Å². The Hall–Kier alpha value is -4.84. The number of hydrogen-bond acceptors (Lipinski definition) is 5. The highest BCUT2D eigenvalue weighted by Gasteiger charge is 2.70. The van der Waals surface area contributed by atoms with Gasteiger partial charge < -0.3 is 10.2 Å². The summed E-state index contributed by atoms with van der Waals surface area (Å²) in [5.74, 6) is -1.83. The second kappa shape index (κ2) is 8.85. The number of pyridine rings is 1. The topological polar surface area (TPSA) is 79.4 Å². The van der Waals surface area contributed by atoms with Gasteiger partial charge in [-0.25, -0.2) is 0 Å². The molecule has 1 saturated heterocycles. The zero-order chi connectivity index (χ0) is 27.6. The zero-order valence-corrected chi connectivity index (χ0v) is 22.2. The summed E-state index contributed by atoms with van der Waals surface area (Å²) in [6.45, 7) is 4.07. The van der Waals surface area contributed by atoms with Crippen LogP contribution in [0.5, 0.6) is 0 Å². The summed E-state index contributed by atoms with van der Waals surface area (Å²) in [6.07, 6.45) is 3.64. The number of fused-ring (bicyclic) bond motifs is 6. The van der Waals surface area contributed by atoms with Gasteiger partial charge in [-0.3, -0.25) is 19.4 Å². The Kier molecular flexibility index (Phi) is 5.36. The third-order valence-corrected chi connectivity index (χ3v) is 8.66. The standard InChI is InChI=1S/C34H27N3O3/c1-20-15-16-27-23(18-20)21(2)19-28-34(24-12-6-7-13-25(24)36-33(34)40)29(32(39)26-14-8-9-17-35-26)30(37(27)28)31(38)22-10-4-3-5-11-22/h3-19,28-30H,1-2H3,(H,36,40)/t28-,29+,30+,34-/m1/s1. The van der Waals surface area contributed by atoms with Crippen LogP contribution in [0.4, 0.5) is 11.4 Å². The lowest BCUT2D eigenvalue weighted by molar-refractivity contribution is -0.121. The average Bonchev–Trinajstić information content (AvgIpc) is 3.45. The van der Waals surface area contributed by atoms with Crippen molar-refractivity contribution in [2.24, 2.45) is 5.92 Å². The lowest BCUT2D eigenvalue weighted by Gasteiger charge is -2.39. The first-order chi connectivity index (χ1) is 19.4. The van der Waals surface area contributed by atoms with E-state index < -0.39 is 23.4 Å². The molecule has 6 nitrogen and oxygen atoms in total. The summed E-state index contributed by atoms with van der Waals surface area (Å²) in [5.41, 5.74) is 4.72. The van der Waals surface area contributed by atoms with Crippen LogP contribution in [0, 0.1) is 12.8 Å². The Morgan fingerprint density at radius 2 is 1.62 bits per heavy atom. The van der Waals surface area contributed by atoms with E-state index in [-0.39, 0.29) is 23.2 Å². The molecular weight excluding hydrogens is 498 g/mol. The smallest absolute Gasteiger partial charge is 0.238 e. The minimum absolute atomic E-state index is 0.201. The molecule has 1 spiro atoms. The van der Waals surface area contributed by atoms with Gasteiger partial charge in [0.2, 0.25) is 5.91 Å². The number of para-hydroxylation sites is 1. The number of nitrogens with one attached hydrogen (secondary N) is 1. The van der Waals surface area contributed by atoms with Crippen LogP contribution >= 0.6 is 0 Å². The Balaban J connectivity index is 1.57. The third-order valence-electron chi connectivity index (χ3n) is 8.66. The van der Waals surface area contributed by atoms with Gasteiger partial charge in [-0.1, -0.05) is 72.3 Å². The molecule has 1 fully saturated rings. The number of benzene rings is 3. The molecule has 4 aromatic rings. The largest absolute Gasteiger partial charge is 0.352 e. The molecule has 7 rings (SSSR count). The van der Waals surface area contributed by atoms with Gasteiger partial charge in [0.05, 0.1) is 12.0 Å². The molecule has 0 radical (unpaired) electrons. The van der Waals surface area contributed by atoms with Crippen molar-refractivity contribution in [3.8, 4) is 0 Å². The molecule has 3 aromatic carbocycles. The maximum absolute atomic E-state index is 14.7. The number of aromatic nitrogens is 1. The van der Waals surface area contributed by atoms with Crippen molar-refractivity contribution >= 4 is 34.4 Å². The molecule has 0 unspecified atom stereocenters. The van der Waals surface area contributed by atoms with Gasteiger partial charge in [0.15, 0.2) is 11.6 Å². The summed E-state index contributed by atoms with van der Waals surface area (Å²) in [7, 11) is 0. The van der Waals surface area contributed by atoms with E-state index in [9.17, 15) is 14.4 Å². The van der Waals surface area contributed by atoms with Crippen molar-refractivity contribution in [3.05, 3.63) is 131 Å². The van der Waals surface area contributed by atoms with Crippen LogP contribution in [0.3, 0.4) is 0 Å². The summed E-state index contributed by atoms with van der Waals surface area (Å²) < 4.78 is 0. The van der Waals surface area contributed by atoms with Crippen molar-refractivity contribution in [2.45, 2.75) is 31.3 Å². The quantitative estimate of drug-likeness (QED) is 0.349. The van der Waals surface area contributed by atoms with Crippen molar-refractivity contribution < 1.29 is 14.4 Å². The van der Waals surface area contributed by atoms with E-state index in [1.54, 1.807) is 36.5 Å². The predicted molar refractivity (Wildman–Crippen MR) is 154 cm³/mol. The first-order valence-corrected chi connectivity index (χ1v) is 13.5. The number of rotatable bonds is 4. The molecule has 6 heteroatoms. The number of aryl methyl sites for hydroxylation is 1. The Morgan fingerprint density at radius 3 is 2.40 bits per heavy atom. The molecule has 3 aliphatic heterocycles. The molecule has 3 aliphatic rings. The maximum Gasteiger partial charge on any atom is 0.238 e. The highest BCUT2D eigenvalue weighted by atomic mass is 16.2. The lowest BCUT2D eigenvalue weighted by Crippen LogP contribution is -2.51. The lowest BCUT2D eigenvalue weighted by atomic mass is 9.64. The second-order valence-corrected chi connectivity index (χ2v) is 10.8. The van der Waals surface area contributed by atoms with Gasteiger partial charge in [0.25, 0.3) is 0 Å². The molecule has 196 valence electrons. The van der Waals surface area contributed by atoms with Gasteiger partial charge >= 0.3 is 0 Å². The molecule has 4 heterocycles. The molecular formula is C34H27N3O3.